The molecule has 0 spiro atoms. The Morgan fingerprint density at radius 3 is 2.75 bits per heavy atom. The van der Waals surface area contributed by atoms with E-state index in [-0.39, 0.29) is 0 Å². The zero-order valence-corrected chi connectivity index (χ0v) is 8.32. The van der Waals surface area contributed by atoms with Gasteiger partial charge in [0, 0.05) is 16.3 Å². The minimum atomic E-state index is -0.478. The van der Waals surface area contributed by atoms with Crippen LogP contribution in [-0.2, 0) is 6.42 Å². The zero-order chi connectivity index (χ0) is 9.14. The van der Waals surface area contributed by atoms with E-state index in [1.807, 2.05) is 6.07 Å². The summed E-state index contributed by atoms with van der Waals surface area (Å²) < 4.78 is 0. The highest BCUT2D eigenvalue weighted by molar-refractivity contribution is 7.12. The molecule has 68 valence electrons. The molecule has 0 saturated heterocycles. The van der Waals surface area contributed by atoms with Gasteiger partial charge in [-0.1, -0.05) is 6.92 Å². The molecule has 1 aromatic rings. The second kappa shape index (κ2) is 4.03. The minimum absolute atomic E-state index is 0.309. The van der Waals surface area contributed by atoms with E-state index in [9.17, 15) is 5.11 Å². The average molecular weight is 185 g/mol. The predicted molar refractivity (Wildman–Crippen MR) is 52.4 cm³/mol. The Hall–Kier alpha value is -0.380. The first-order valence-electron chi connectivity index (χ1n) is 4.16. The van der Waals surface area contributed by atoms with Crippen molar-refractivity contribution in [2.45, 2.75) is 26.4 Å². The number of rotatable bonds is 3. The lowest BCUT2D eigenvalue weighted by atomic mass is 10.2. The molecular formula is C9H15NOS. The molecule has 1 heterocycles. The molecule has 0 fully saturated rings. The molecule has 2 nitrogen and oxygen atoms in total. The molecule has 1 rings (SSSR count). The summed E-state index contributed by atoms with van der Waals surface area (Å²) in [6.45, 7) is 4.50. The SMILES string of the molecule is CCc1sc(C(O)CN)cc1C. The normalized spacial score (nSPS) is 13.3. The van der Waals surface area contributed by atoms with E-state index in [0.717, 1.165) is 11.3 Å². The molecule has 0 aliphatic carbocycles. The third kappa shape index (κ3) is 1.86. The lowest BCUT2D eigenvalue weighted by Crippen LogP contribution is -2.09. The third-order valence-corrected chi connectivity index (χ3v) is 3.40. The van der Waals surface area contributed by atoms with E-state index in [0.29, 0.717) is 6.54 Å². The van der Waals surface area contributed by atoms with Gasteiger partial charge in [-0.2, -0.15) is 0 Å². The van der Waals surface area contributed by atoms with Gasteiger partial charge >= 0.3 is 0 Å². The Morgan fingerprint density at radius 2 is 2.33 bits per heavy atom. The topological polar surface area (TPSA) is 46.2 Å². The van der Waals surface area contributed by atoms with E-state index in [2.05, 4.69) is 13.8 Å². The van der Waals surface area contributed by atoms with Crippen molar-refractivity contribution in [2.75, 3.05) is 6.54 Å². The van der Waals surface area contributed by atoms with Crippen molar-refractivity contribution < 1.29 is 5.11 Å². The fraction of sp³-hybridized carbons (Fsp3) is 0.556. The fourth-order valence-corrected chi connectivity index (χ4v) is 2.29. The molecule has 0 aliphatic heterocycles. The van der Waals surface area contributed by atoms with Crippen molar-refractivity contribution in [1.82, 2.24) is 0 Å². The van der Waals surface area contributed by atoms with Crippen LogP contribution in [0.5, 0.6) is 0 Å². The summed E-state index contributed by atoms with van der Waals surface area (Å²) in [5.74, 6) is 0. The number of aryl methyl sites for hydroxylation is 2. The number of hydrogen-bond donors (Lipinski definition) is 2. The zero-order valence-electron chi connectivity index (χ0n) is 7.50. The van der Waals surface area contributed by atoms with Crippen molar-refractivity contribution in [3.8, 4) is 0 Å². The van der Waals surface area contributed by atoms with Crippen LogP contribution >= 0.6 is 11.3 Å². The first-order chi connectivity index (χ1) is 5.69. The lowest BCUT2D eigenvalue weighted by Gasteiger charge is -2.02. The maximum absolute atomic E-state index is 9.45. The first-order valence-corrected chi connectivity index (χ1v) is 4.98. The van der Waals surface area contributed by atoms with Gasteiger partial charge in [-0.25, -0.2) is 0 Å². The molecule has 3 N–H and O–H groups in total. The van der Waals surface area contributed by atoms with E-state index < -0.39 is 6.10 Å². The summed E-state index contributed by atoms with van der Waals surface area (Å²) in [5, 5.41) is 9.45. The molecule has 1 atom stereocenters. The number of aliphatic hydroxyl groups excluding tert-OH is 1. The minimum Gasteiger partial charge on any atom is -0.386 e. The van der Waals surface area contributed by atoms with Gasteiger partial charge in [-0.15, -0.1) is 11.3 Å². The first kappa shape index (κ1) is 9.71. The molecule has 0 aromatic carbocycles. The van der Waals surface area contributed by atoms with Crippen LogP contribution in [-0.4, -0.2) is 11.7 Å². The van der Waals surface area contributed by atoms with Crippen LogP contribution < -0.4 is 5.73 Å². The van der Waals surface area contributed by atoms with Gasteiger partial charge in [0.05, 0.1) is 0 Å². The predicted octanol–water partition coefficient (Wildman–Crippen LogP) is 1.61. The number of thiophene rings is 1. The van der Waals surface area contributed by atoms with Crippen LogP contribution in [0.3, 0.4) is 0 Å². The number of hydrogen-bond acceptors (Lipinski definition) is 3. The molecule has 1 unspecified atom stereocenters. The second-order valence-corrected chi connectivity index (χ2v) is 4.03. The van der Waals surface area contributed by atoms with Crippen molar-refractivity contribution >= 4 is 11.3 Å². The summed E-state index contributed by atoms with van der Waals surface area (Å²) in [4.78, 5) is 2.34. The summed E-state index contributed by atoms with van der Waals surface area (Å²) in [6.07, 6.45) is 0.558. The highest BCUT2D eigenvalue weighted by Gasteiger charge is 2.10. The Kier molecular flexibility index (Phi) is 3.26. The van der Waals surface area contributed by atoms with E-state index in [1.54, 1.807) is 11.3 Å². The van der Waals surface area contributed by atoms with Gasteiger partial charge in [0.2, 0.25) is 0 Å². The van der Waals surface area contributed by atoms with Crippen LogP contribution in [0.1, 0.15) is 28.3 Å². The van der Waals surface area contributed by atoms with E-state index in [1.165, 1.54) is 10.4 Å². The Bertz CT molecular complexity index is 257. The summed E-state index contributed by atoms with van der Waals surface area (Å²) in [5.41, 5.74) is 6.63. The number of aliphatic hydroxyl groups is 1. The Morgan fingerprint density at radius 1 is 1.67 bits per heavy atom. The van der Waals surface area contributed by atoms with Gasteiger partial charge in [0.15, 0.2) is 0 Å². The van der Waals surface area contributed by atoms with Gasteiger partial charge in [-0.3, -0.25) is 0 Å². The van der Waals surface area contributed by atoms with Crippen LogP contribution in [0.15, 0.2) is 6.07 Å². The molecule has 1 aromatic heterocycles. The molecule has 0 amide bonds. The van der Waals surface area contributed by atoms with Crippen molar-refractivity contribution in [3.63, 3.8) is 0 Å². The molecule has 0 bridgehead atoms. The monoisotopic (exact) mass is 185 g/mol. The summed E-state index contributed by atoms with van der Waals surface area (Å²) >= 11 is 1.66. The molecule has 0 saturated carbocycles. The Labute approximate surface area is 77.0 Å². The third-order valence-electron chi connectivity index (χ3n) is 1.91. The average Bonchev–Trinajstić information content (AvgIpc) is 2.45. The van der Waals surface area contributed by atoms with Crippen LogP contribution in [0.25, 0.3) is 0 Å². The van der Waals surface area contributed by atoms with Crippen LogP contribution in [0.4, 0.5) is 0 Å². The largest absolute Gasteiger partial charge is 0.386 e. The van der Waals surface area contributed by atoms with Gasteiger partial charge in [-0.05, 0) is 25.0 Å². The molecular weight excluding hydrogens is 170 g/mol. The second-order valence-electron chi connectivity index (χ2n) is 2.86. The van der Waals surface area contributed by atoms with Crippen LogP contribution in [0, 0.1) is 6.92 Å². The van der Waals surface area contributed by atoms with Crippen molar-refractivity contribution in [3.05, 3.63) is 21.4 Å². The van der Waals surface area contributed by atoms with Crippen molar-refractivity contribution in [2.24, 2.45) is 5.73 Å². The maximum Gasteiger partial charge on any atom is 0.100 e. The maximum atomic E-state index is 9.45. The Balaban J connectivity index is 2.88. The highest BCUT2D eigenvalue weighted by Crippen LogP contribution is 2.26. The van der Waals surface area contributed by atoms with Crippen LogP contribution in [0.2, 0.25) is 0 Å². The smallest absolute Gasteiger partial charge is 0.100 e. The highest BCUT2D eigenvalue weighted by atomic mass is 32.1. The van der Waals surface area contributed by atoms with Gasteiger partial charge in [0.1, 0.15) is 6.10 Å². The lowest BCUT2D eigenvalue weighted by molar-refractivity contribution is 0.190. The molecule has 12 heavy (non-hydrogen) atoms. The van der Waals surface area contributed by atoms with Gasteiger partial charge in [0.25, 0.3) is 0 Å². The summed E-state index contributed by atoms with van der Waals surface area (Å²) in [7, 11) is 0. The van der Waals surface area contributed by atoms with E-state index >= 15 is 0 Å². The number of nitrogens with two attached hydrogens (primary N) is 1. The standard InChI is InChI=1S/C9H15NOS/c1-3-8-6(2)4-9(12-8)7(11)5-10/h4,7,11H,3,5,10H2,1-2H3. The van der Waals surface area contributed by atoms with Gasteiger partial charge < -0.3 is 10.8 Å². The quantitative estimate of drug-likeness (QED) is 0.751. The molecule has 3 heteroatoms. The fourth-order valence-electron chi connectivity index (χ4n) is 1.18. The van der Waals surface area contributed by atoms with E-state index in [4.69, 9.17) is 5.73 Å². The molecule has 0 radical (unpaired) electrons. The summed E-state index contributed by atoms with van der Waals surface area (Å²) in [6, 6.07) is 2.03. The molecule has 0 aliphatic rings. The van der Waals surface area contributed by atoms with Crippen molar-refractivity contribution in [1.29, 1.82) is 0 Å².